The molecular formula is C17H20FN3O. The van der Waals surface area contributed by atoms with Gasteiger partial charge in [-0.2, -0.15) is 0 Å². The van der Waals surface area contributed by atoms with Gasteiger partial charge in [-0.3, -0.25) is 4.79 Å². The fourth-order valence-electron chi connectivity index (χ4n) is 3.07. The van der Waals surface area contributed by atoms with E-state index in [-0.39, 0.29) is 17.8 Å². The molecule has 0 radical (unpaired) electrons. The molecule has 1 atom stereocenters. The lowest BCUT2D eigenvalue weighted by Gasteiger charge is -2.25. The third kappa shape index (κ3) is 3.35. The summed E-state index contributed by atoms with van der Waals surface area (Å²) in [5.74, 6) is -0.0492. The van der Waals surface area contributed by atoms with E-state index in [4.69, 9.17) is 0 Å². The number of aryl methyl sites for hydroxylation is 1. The van der Waals surface area contributed by atoms with E-state index < -0.39 is 0 Å². The minimum atomic E-state index is -0.236. The summed E-state index contributed by atoms with van der Waals surface area (Å²) in [5, 5.41) is 0. The summed E-state index contributed by atoms with van der Waals surface area (Å²) in [6.45, 7) is 1.60. The van der Waals surface area contributed by atoms with Crippen molar-refractivity contribution in [3.8, 4) is 0 Å². The predicted octanol–water partition coefficient (Wildman–Crippen LogP) is 3.17. The van der Waals surface area contributed by atoms with Gasteiger partial charge in [0.15, 0.2) is 0 Å². The van der Waals surface area contributed by atoms with Gasteiger partial charge in [0.1, 0.15) is 5.82 Å². The van der Waals surface area contributed by atoms with Crippen LogP contribution in [0, 0.1) is 5.82 Å². The van der Waals surface area contributed by atoms with E-state index >= 15 is 0 Å². The zero-order valence-electron chi connectivity index (χ0n) is 12.5. The molecule has 0 bridgehead atoms. The van der Waals surface area contributed by atoms with Gasteiger partial charge in [-0.25, -0.2) is 9.37 Å². The first-order valence-electron chi connectivity index (χ1n) is 7.75. The Hall–Kier alpha value is -2.17. The Morgan fingerprint density at radius 1 is 1.32 bits per heavy atom. The number of hydrogen-bond donors (Lipinski definition) is 0. The van der Waals surface area contributed by atoms with E-state index in [0.717, 1.165) is 37.9 Å². The first kappa shape index (κ1) is 14.8. The average molecular weight is 301 g/mol. The molecule has 0 unspecified atom stereocenters. The lowest BCUT2D eigenvalue weighted by atomic mass is 10.0. The third-order valence-electron chi connectivity index (χ3n) is 4.19. The maximum atomic E-state index is 13.0. The SMILES string of the molecule is O=C(CCCn1ccnc1)N1CCC[C@@H]1c1ccc(F)cc1. The Balaban J connectivity index is 1.57. The molecule has 0 spiro atoms. The van der Waals surface area contributed by atoms with Gasteiger partial charge in [0.25, 0.3) is 0 Å². The molecule has 2 aromatic rings. The maximum absolute atomic E-state index is 13.0. The molecule has 0 saturated carbocycles. The molecule has 1 fully saturated rings. The number of carbonyl (C=O) groups excluding carboxylic acids is 1. The second-order valence-corrected chi connectivity index (χ2v) is 5.70. The van der Waals surface area contributed by atoms with Crippen molar-refractivity contribution in [2.45, 2.75) is 38.3 Å². The maximum Gasteiger partial charge on any atom is 0.223 e. The second kappa shape index (κ2) is 6.73. The highest BCUT2D eigenvalue weighted by Gasteiger charge is 2.29. The first-order chi connectivity index (χ1) is 10.7. The summed E-state index contributed by atoms with van der Waals surface area (Å²) in [5.41, 5.74) is 1.03. The number of nitrogens with zero attached hydrogens (tertiary/aromatic N) is 3. The van der Waals surface area contributed by atoms with E-state index in [2.05, 4.69) is 4.98 Å². The molecule has 0 aliphatic carbocycles. The van der Waals surface area contributed by atoms with Crippen LogP contribution in [0.5, 0.6) is 0 Å². The van der Waals surface area contributed by atoms with E-state index in [1.165, 1.54) is 12.1 Å². The van der Waals surface area contributed by atoms with Crippen LogP contribution in [0.4, 0.5) is 4.39 Å². The Morgan fingerprint density at radius 2 is 2.14 bits per heavy atom. The van der Waals surface area contributed by atoms with E-state index in [0.29, 0.717) is 6.42 Å². The van der Waals surface area contributed by atoms with Gasteiger partial charge in [-0.1, -0.05) is 12.1 Å². The smallest absolute Gasteiger partial charge is 0.223 e. The Morgan fingerprint density at radius 3 is 2.86 bits per heavy atom. The van der Waals surface area contributed by atoms with Gasteiger partial charge in [0.05, 0.1) is 12.4 Å². The standard InChI is InChI=1S/C17H20FN3O/c18-15-7-5-14(6-8-15)16-3-1-11-21(16)17(22)4-2-10-20-12-9-19-13-20/h5-9,12-13,16H,1-4,10-11H2/t16-/m1/s1. The summed E-state index contributed by atoms with van der Waals surface area (Å²) in [6.07, 6.45) is 8.72. The number of hydrogen-bond acceptors (Lipinski definition) is 2. The highest BCUT2D eigenvalue weighted by molar-refractivity contribution is 5.77. The Labute approximate surface area is 129 Å². The number of benzene rings is 1. The van der Waals surface area contributed by atoms with Crippen LogP contribution < -0.4 is 0 Å². The first-order valence-corrected chi connectivity index (χ1v) is 7.75. The molecule has 5 heteroatoms. The fraction of sp³-hybridized carbons (Fsp3) is 0.412. The minimum Gasteiger partial charge on any atom is -0.337 e. The number of imidazole rings is 1. The van der Waals surface area contributed by atoms with Gasteiger partial charge in [0.2, 0.25) is 5.91 Å². The van der Waals surface area contributed by atoms with Crippen LogP contribution in [0.25, 0.3) is 0 Å². The molecule has 1 aliphatic heterocycles. The molecule has 1 aromatic carbocycles. The number of amides is 1. The van der Waals surface area contributed by atoms with Crippen molar-refractivity contribution in [3.63, 3.8) is 0 Å². The molecule has 1 saturated heterocycles. The highest BCUT2D eigenvalue weighted by atomic mass is 19.1. The Bertz CT molecular complexity index is 609. The number of likely N-dealkylation sites (tertiary alicyclic amines) is 1. The third-order valence-corrected chi connectivity index (χ3v) is 4.19. The van der Waals surface area contributed by atoms with Crippen LogP contribution in [-0.4, -0.2) is 26.9 Å². The van der Waals surface area contributed by atoms with Crippen molar-refractivity contribution in [1.82, 2.24) is 14.5 Å². The molecule has 22 heavy (non-hydrogen) atoms. The average Bonchev–Trinajstić information content (AvgIpc) is 3.19. The van der Waals surface area contributed by atoms with Crippen molar-refractivity contribution >= 4 is 5.91 Å². The molecule has 116 valence electrons. The largest absolute Gasteiger partial charge is 0.337 e. The van der Waals surface area contributed by atoms with Crippen molar-refractivity contribution < 1.29 is 9.18 Å². The second-order valence-electron chi connectivity index (χ2n) is 5.70. The molecule has 2 heterocycles. The van der Waals surface area contributed by atoms with Crippen LogP contribution in [0.1, 0.15) is 37.3 Å². The van der Waals surface area contributed by atoms with E-state index in [9.17, 15) is 9.18 Å². The van der Waals surface area contributed by atoms with Crippen LogP contribution in [0.3, 0.4) is 0 Å². The summed E-state index contributed by atoms with van der Waals surface area (Å²) in [6, 6.07) is 6.61. The summed E-state index contributed by atoms with van der Waals surface area (Å²) >= 11 is 0. The number of carbonyl (C=O) groups is 1. The van der Waals surface area contributed by atoms with Gasteiger partial charge < -0.3 is 9.47 Å². The lowest BCUT2D eigenvalue weighted by Crippen LogP contribution is -2.30. The number of halogens is 1. The van der Waals surface area contributed by atoms with E-state index in [1.807, 2.05) is 15.7 Å². The zero-order chi connectivity index (χ0) is 15.4. The topological polar surface area (TPSA) is 38.1 Å². The molecular weight excluding hydrogens is 281 g/mol. The lowest BCUT2D eigenvalue weighted by molar-refractivity contribution is -0.132. The van der Waals surface area contributed by atoms with Gasteiger partial charge in [-0.15, -0.1) is 0 Å². The molecule has 1 aliphatic rings. The predicted molar refractivity (Wildman–Crippen MR) is 81.5 cm³/mol. The van der Waals surface area contributed by atoms with Crippen LogP contribution >= 0.6 is 0 Å². The van der Waals surface area contributed by atoms with Crippen LogP contribution in [0.15, 0.2) is 43.0 Å². The van der Waals surface area contributed by atoms with Gasteiger partial charge in [-0.05, 0) is 37.0 Å². The van der Waals surface area contributed by atoms with Crippen LogP contribution in [-0.2, 0) is 11.3 Å². The molecule has 4 nitrogen and oxygen atoms in total. The molecule has 1 amide bonds. The quantitative estimate of drug-likeness (QED) is 0.851. The zero-order valence-corrected chi connectivity index (χ0v) is 12.5. The number of aromatic nitrogens is 2. The van der Waals surface area contributed by atoms with Crippen molar-refractivity contribution in [2.24, 2.45) is 0 Å². The van der Waals surface area contributed by atoms with Gasteiger partial charge >= 0.3 is 0 Å². The van der Waals surface area contributed by atoms with Crippen molar-refractivity contribution in [2.75, 3.05) is 6.54 Å². The van der Waals surface area contributed by atoms with E-state index in [1.54, 1.807) is 24.7 Å². The van der Waals surface area contributed by atoms with Crippen LogP contribution in [0.2, 0.25) is 0 Å². The summed E-state index contributed by atoms with van der Waals surface area (Å²) in [4.78, 5) is 18.4. The van der Waals surface area contributed by atoms with Gasteiger partial charge in [0, 0.05) is 31.9 Å². The fourth-order valence-corrected chi connectivity index (χ4v) is 3.07. The summed E-state index contributed by atoms with van der Waals surface area (Å²) in [7, 11) is 0. The molecule has 1 aromatic heterocycles. The minimum absolute atomic E-state index is 0.0985. The normalized spacial score (nSPS) is 17.9. The monoisotopic (exact) mass is 301 g/mol. The van der Waals surface area contributed by atoms with Crippen molar-refractivity contribution in [3.05, 3.63) is 54.4 Å². The number of rotatable bonds is 5. The molecule has 0 N–H and O–H groups in total. The Kier molecular flexibility index (Phi) is 4.51. The summed E-state index contributed by atoms with van der Waals surface area (Å²) < 4.78 is 15.0. The van der Waals surface area contributed by atoms with Crippen molar-refractivity contribution in [1.29, 1.82) is 0 Å². The highest BCUT2D eigenvalue weighted by Crippen LogP contribution is 2.32. The molecule has 3 rings (SSSR count).